The van der Waals surface area contributed by atoms with Gasteiger partial charge in [0.2, 0.25) is 0 Å². The van der Waals surface area contributed by atoms with Crippen LogP contribution in [-0.2, 0) is 5.88 Å². The molecule has 0 N–H and O–H groups in total. The number of aromatic nitrogens is 2. The van der Waals surface area contributed by atoms with Crippen molar-refractivity contribution in [2.75, 3.05) is 0 Å². The third kappa shape index (κ3) is 2.22. The van der Waals surface area contributed by atoms with Crippen LogP contribution in [0, 0.1) is 17.6 Å². The highest BCUT2D eigenvalue weighted by Crippen LogP contribution is 2.38. The molecule has 0 spiro atoms. The fourth-order valence-electron chi connectivity index (χ4n) is 2.68. The highest BCUT2D eigenvalue weighted by Gasteiger charge is 2.27. The van der Waals surface area contributed by atoms with Crippen molar-refractivity contribution >= 4 is 22.6 Å². The molecular weight excluding hydrogens is 270 g/mol. The van der Waals surface area contributed by atoms with Crippen molar-refractivity contribution in [1.82, 2.24) is 9.55 Å². The van der Waals surface area contributed by atoms with Crippen molar-refractivity contribution in [3.8, 4) is 0 Å². The summed E-state index contributed by atoms with van der Waals surface area (Å²) in [6.45, 7) is 2.01. The third-order valence-corrected chi connectivity index (χ3v) is 3.99. The molecule has 102 valence electrons. The van der Waals surface area contributed by atoms with Gasteiger partial charge < -0.3 is 4.57 Å². The number of hydrogen-bond acceptors (Lipinski definition) is 1. The van der Waals surface area contributed by atoms with Gasteiger partial charge >= 0.3 is 0 Å². The first-order valence-electron chi connectivity index (χ1n) is 6.52. The second-order valence-corrected chi connectivity index (χ2v) is 5.56. The molecule has 2 nitrogen and oxygen atoms in total. The van der Waals surface area contributed by atoms with Gasteiger partial charge in [-0.2, -0.15) is 0 Å². The first-order valence-corrected chi connectivity index (χ1v) is 7.06. The number of nitrogens with zero attached hydrogens (tertiary/aromatic N) is 2. The number of benzene rings is 1. The van der Waals surface area contributed by atoms with E-state index in [0.29, 0.717) is 17.3 Å². The largest absolute Gasteiger partial charge is 0.322 e. The highest BCUT2D eigenvalue weighted by atomic mass is 35.5. The smallest absolute Gasteiger partial charge is 0.184 e. The van der Waals surface area contributed by atoms with Crippen molar-refractivity contribution < 1.29 is 8.78 Å². The van der Waals surface area contributed by atoms with Gasteiger partial charge in [0.05, 0.1) is 11.4 Å². The SMILES string of the molecule is CC(CC1CC1)n1c(CCl)nc2ccc(F)c(F)c21. The first-order chi connectivity index (χ1) is 9.11. The predicted octanol–water partition coefficient (Wildman–Crippen LogP) is 4.41. The number of halogens is 3. The van der Waals surface area contributed by atoms with Crippen LogP contribution < -0.4 is 0 Å². The summed E-state index contributed by atoms with van der Waals surface area (Å²) in [4.78, 5) is 4.31. The van der Waals surface area contributed by atoms with Crippen LogP contribution in [0.2, 0.25) is 0 Å². The summed E-state index contributed by atoms with van der Waals surface area (Å²) >= 11 is 5.89. The Balaban J connectivity index is 2.15. The molecule has 1 aromatic carbocycles. The van der Waals surface area contributed by atoms with E-state index in [9.17, 15) is 8.78 Å². The van der Waals surface area contributed by atoms with Crippen LogP contribution in [0.4, 0.5) is 8.78 Å². The van der Waals surface area contributed by atoms with E-state index in [1.807, 2.05) is 6.92 Å². The second-order valence-electron chi connectivity index (χ2n) is 5.29. The Labute approximate surface area is 115 Å². The van der Waals surface area contributed by atoms with Crippen LogP contribution in [0.15, 0.2) is 12.1 Å². The van der Waals surface area contributed by atoms with Crippen LogP contribution in [-0.4, -0.2) is 9.55 Å². The van der Waals surface area contributed by atoms with Crippen LogP contribution in [0.3, 0.4) is 0 Å². The zero-order valence-corrected chi connectivity index (χ0v) is 11.4. The van der Waals surface area contributed by atoms with E-state index in [0.717, 1.165) is 12.5 Å². The maximum Gasteiger partial charge on any atom is 0.184 e. The minimum Gasteiger partial charge on any atom is -0.322 e. The maximum absolute atomic E-state index is 14.0. The second kappa shape index (κ2) is 4.75. The van der Waals surface area contributed by atoms with Crippen molar-refractivity contribution in [2.45, 2.75) is 38.1 Å². The number of hydrogen-bond donors (Lipinski definition) is 0. The minimum atomic E-state index is -0.839. The zero-order chi connectivity index (χ0) is 13.6. The topological polar surface area (TPSA) is 17.8 Å². The molecule has 0 amide bonds. The van der Waals surface area contributed by atoms with Crippen molar-refractivity contribution in [1.29, 1.82) is 0 Å². The lowest BCUT2D eigenvalue weighted by atomic mass is 10.1. The number of alkyl halides is 1. The van der Waals surface area contributed by atoms with Crippen molar-refractivity contribution in [2.24, 2.45) is 5.92 Å². The molecule has 5 heteroatoms. The van der Waals surface area contributed by atoms with Gasteiger partial charge in [-0.05, 0) is 31.4 Å². The molecule has 1 fully saturated rings. The summed E-state index contributed by atoms with van der Waals surface area (Å²) in [5.74, 6) is -0.163. The van der Waals surface area contributed by atoms with E-state index in [1.165, 1.54) is 18.9 Å². The van der Waals surface area contributed by atoms with Crippen LogP contribution in [0.5, 0.6) is 0 Å². The quantitative estimate of drug-likeness (QED) is 0.760. The Kier molecular flexibility index (Phi) is 3.21. The molecule has 1 aromatic heterocycles. The summed E-state index contributed by atoms with van der Waals surface area (Å²) < 4.78 is 29.2. The van der Waals surface area contributed by atoms with Gasteiger partial charge in [0.1, 0.15) is 11.3 Å². The lowest BCUT2D eigenvalue weighted by molar-refractivity contribution is 0.463. The molecule has 1 aliphatic rings. The Morgan fingerprint density at radius 3 is 2.79 bits per heavy atom. The summed E-state index contributed by atoms with van der Waals surface area (Å²) in [5.41, 5.74) is 0.709. The van der Waals surface area contributed by atoms with Gasteiger partial charge in [0, 0.05) is 6.04 Å². The minimum absolute atomic E-state index is 0.0857. The Morgan fingerprint density at radius 2 is 2.16 bits per heavy atom. The zero-order valence-electron chi connectivity index (χ0n) is 10.7. The van der Waals surface area contributed by atoms with Crippen molar-refractivity contribution in [3.63, 3.8) is 0 Å². The highest BCUT2D eigenvalue weighted by molar-refractivity contribution is 6.16. The Bertz CT molecular complexity index is 619. The van der Waals surface area contributed by atoms with Gasteiger partial charge in [-0.1, -0.05) is 12.8 Å². The van der Waals surface area contributed by atoms with Gasteiger partial charge in [-0.25, -0.2) is 13.8 Å². The summed E-state index contributed by atoms with van der Waals surface area (Å²) in [5, 5.41) is 0. The van der Waals surface area contributed by atoms with E-state index >= 15 is 0 Å². The molecule has 0 aliphatic heterocycles. The summed E-state index contributed by atoms with van der Waals surface area (Å²) in [6.07, 6.45) is 3.42. The molecule has 1 atom stereocenters. The van der Waals surface area contributed by atoms with E-state index in [2.05, 4.69) is 4.98 Å². The molecule has 0 bridgehead atoms. The normalized spacial score (nSPS) is 17.1. The number of fused-ring (bicyclic) bond motifs is 1. The average Bonchev–Trinajstić information content (AvgIpc) is 3.11. The predicted molar refractivity (Wildman–Crippen MR) is 71.3 cm³/mol. The molecule has 1 unspecified atom stereocenters. The number of imidazole rings is 1. The monoisotopic (exact) mass is 284 g/mol. The van der Waals surface area contributed by atoms with E-state index < -0.39 is 11.6 Å². The van der Waals surface area contributed by atoms with Crippen LogP contribution in [0.1, 0.15) is 38.1 Å². The van der Waals surface area contributed by atoms with Crippen LogP contribution >= 0.6 is 11.6 Å². The number of rotatable bonds is 4. The molecule has 3 rings (SSSR count). The van der Waals surface area contributed by atoms with Gasteiger partial charge in [0.15, 0.2) is 11.6 Å². The Morgan fingerprint density at radius 1 is 1.42 bits per heavy atom. The molecule has 1 heterocycles. The molecule has 0 radical (unpaired) electrons. The lowest BCUT2D eigenvalue weighted by Gasteiger charge is -2.17. The van der Waals surface area contributed by atoms with Crippen molar-refractivity contribution in [3.05, 3.63) is 29.6 Å². The van der Waals surface area contributed by atoms with Crippen LogP contribution in [0.25, 0.3) is 11.0 Å². The molecule has 1 saturated carbocycles. The van der Waals surface area contributed by atoms with E-state index in [-0.39, 0.29) is 17.4 Å². The summed E-state index contributed by atoms with van der Waals surface area (Å²) in [6, 6.07) is 2.70. The standard InChI is InChI=1S/C14H15ClF2N2/c1-8(6-9-2-3-9)19-12(7-15)18-11-5-4-10(16)13(17)14(11)19/h4-5,8-9H,2-3,6-7H2,1H3. The van der Waals surface area contributed by atoms with E-state index in [4.69, 9.17) is 11.6 Å². The van der Waals surface area contributed by atoms with Gasteiger partial charge in [-0.3, -0.25) is 0 Å². The molecule has 2 aromatic rings. The fraction of sp³-hybridized carbons (Fsp3) is 0.500. The molecule has 1 aliphatic carbocycles. The first kappa shape index (κ1) is 12.9. The van der Waals surface area contributed by atoms with Gasteiger partial charge in [0.25, 0.3) is 0 Å². The molecule has 19 heavy (non-hydrogen) atoms. The fourth-order valence-corrected chi connectivity index (χ4v) is 2.87. The average molecular weight is 285 g/mol. The Hall–Kier alpha value is -1.16. The lowest BCUT2D eigenvalue weighted by Crippen LogP contribution is -2.10. The third-order valence-electron chi connectivity index (χ3n) is 3.75. The van der Waals surface area contributed by atoms with E-state index in [1.54, 1.807) is 4.57 Å². The summed E-state index contributed by atoms with van der Waals surface area (Å²) in [7, 11) is 0. The maximum atomic E-state index is 14.0. The van der Waals surface area contributed by atoms with Gasteiger partial charge in [-0.15, -0.1) is 11.6 Å². The molecular formula is C14H15ClF2N2. The molecule has 0 saturated heterocycles.